The van der Waals surface area contributed by atoms with E-state index in [-0.39, 0.29) is 6.03 Å². The van der Waals surface area contributed by atoms with Gasteiger partial charge < -0.3 is 14.9 Å². The number of likely N-dealkylation sites (N-methyl/N-ethyl adjacent to an activating group) is 1. The monoisotopic (exact) mass is 284 g/mol. The maximum atomic E-state index is 12.4. The SMILES string of the molecule is CCC(C(=O)O)N(C)C(=O)N1CCC(CC)(CC)CC1. The second-order valence-corrected chi connectivity index (χ2v) is 5.85. The summed E-state index contributed by atoms with van der Waals surface area (Å²) in [7, 11) is 1.59. The van der Waals surface area contributed by atoms with Crippen LogP contribution in [0.1, 0.15) is 52.9 Å². The Morgan fingerprint density at radius 1 is 1.20 bits per heavy atom. The van der Waals surface area contributed by atoms with Gasteiger partial charge >= 0.3 is 12.0 Å². The lowest BCUT2D eigenvalue weighted by atomic mass is 9.74. The molecule has 1 saturated heterocycles. The normalized spacial score (nSPS) is 19.5. The van der Waals surface area contributed by atoms with Gasteiger partial charge in [0.05, 0.1) is 0 Å². The second kappa shape index (κ2) is 6.95. The molecular weight excluding hydrogens is 256 g/mol. The minimum atomic E-state index is -0.933. The van der Waals surface area contributed by atoms with Gasteiger partial charge in [0, 0.05) is 20.1 Å². The summed E-state index contributed by atoms with van der Waals surface area (Å²) < 4.78 is 0. The smallest absolute Gasteiger partial charge is 0.326 e. The molecule has 1 aliphatic rings. The molecule has 1 atom stereocenters. The molecule has 0 spiro atoms. The van der Waals surface area contributed by atoms with Crippen molar-refractivity contribution in [2.45, 2.75) is 58.9 Å². The largest absolute Gasteiger partial charge is 0.480 e. The molecule has 0 aromatic rings. The highest BCUT2D eigenvalue weighted by Gasteiger charge is 2.35. The van der Waals surface area contributed by atoms with Gasteiger partial charge in [-0.25, -0.2) is 9.59 Å². The molecule has 1 aliphatic heterocycles. The summed E-state index contributed by atoms with van der Waals surface area (Å²) in [4.78, 5) is 26.7. The number of urea groups is 1. The maximum absolute atomic E-state index is 12.4. The van der Waals surface area contributed by atoms with Crippen LogP contribution in [0.5, 0.6) is 0 Å². The molecule has 1 N–H and O–H groups in total. The molecular formula is C15H28N2O3. The third kappa shape index (κ3) is 3.44. The van der Waals surface area contributed by atoms with Crippen molar-refractivity contribution >= 4 is 12.0 Å². The maximum Gasteiger partial charge on any atom is 0.326 e. The van der Waals surface area contributed by atoms with Crippen LogP contribution in [0.25, 0.3) is 0 Å². The van der Waals surface area contributed by atoms with Gasteiger partial charge in [0.15, 0.2) is 0 Å². The Morgan fingerprint density at radius 3 is 2.05 bits per heavy atom. The van der Waals surface area contributed by atoms with Gasteiger partial charge in [-0.05, 0) is 24.7 Å². The van der Waals surface area contributed by atoms with Crippen LogP contribution in [0.3, 0.4) is 0 Å². The zero-order chi connectivity index (χ0) is 15.3. The van der Waals surface area contributed by atoms with Gasteiger partial charge in [0.1, 0.15) is 6.04 Å². The van der Waals surface area contributed by atoms with E-state index < -0.39 is 12.0 Å². The van der Waals surface area contributed by atoms with E-state index >= 15 is 0 Å². The standard InChI is InChI=1S/C15H28N2O3/c1-5-12(13(18)19)16(4)14(20)17-10-8-15(6-2,7-3)9-11-17/h12H,5-11H2,1-4H3,(H,18,19). The molecule has 0 radical (unpaired) electrons. The Bertz CT molecular complexity index is 343. The predicted molar refractivity (Wildman–Crippen MR) is 78.7 cm³/mol. The third-order valence-corrected chi connectivity index (χ3v) is 5.04. The van der Waals surface area contributed by atoms with Crippen molar-refractivity contribution in [2.24, 2.45) is 5.41 Å². The summed E-state index contributed by atoms with van der Waals surface area (Å²) in [6, 6.07) is -0.883. The molecule has 0 aromatic carbocycles. The molecule has 116 valence electrons. The van der Waals surface area contributed by atoms with Gasteiger partial charge in [-0.1, -0.05) is 33.6 Å². The van der Waals surface area contributed by atoms with Gasteiger partial charge in [-0.2, -0.15) is 0 Å². The third-order valence-electron chi connectivity index (χ3n) is 5.04. The first-order valence-corrected chi connectivity index (χ1v) is 7.65. The number of hydrogen-bond donors (Lipinski definition) is 1. The van der Waals surface area contributed by atoms with E-state index in [9.17, 15) is 9.59 Å². The van der Waals surface area contributed by atoms with Crippen LogP contribution in [0.4, 0.5) is 4.79 Å². The molecule has 1 fully saturated rings. The van der Waals surface area contributed by atoms with Gasteiger partial charge in [0.25, 0.3) is 0 Å². The van der Waals surface area contributed by atoms with Gasteiger partial charge in [-0.3, -0.25) is 0 Å². The van der Waals surface area contributed by atoms with E-state index in [1.807, 2.05) is 0 Å². The van der Waals surface area contributed by atoms with Crippen molar-refractivity contribution in [3.8, 4) is 0 Å². The van der Waals surface area contributed by atoms with Crippen LogP contribution in [-0.2, 0) is 4.79 Å². The zero-order valence-electron chi connectivity index (χ0n) is 13.2. The lowest BCUT2D eigenvalue weighted by molar-refractivity contribution is -0.142. The van der Waals surface area contributed by atoms with Crippen LogP contribution >= 0.6 is 0 Å². The zero-order valence-corrected chi connectivity index (χ0v) is 13.2. The lowest BCUT2D eigenvalue weighted by Crippen LogP contribution is -2.52. The fraction of sp³-hybridized carbons (Fsp3) is 0.867. The fourth-order valence-electron chi connectivity index (χ4n) is 3.10. The second-order valence-electron chi connectivity index (χ2n) is 5.85. The number of aliphatic carboxylic acids is 1. The highest BCUT2D eigenvalue weighted by atomic mass is 16.4. The number of rotatable bonds is 5. The number of amides is 2. The first-order chi connectivity index (χ1) is 9.40. The molecule has 2 amide bonds. The van der Waals surface area contributed by atoms with Crippen LogP contribution in [0, 0.1) is 5.41 Å². The van der Waals surface area contributed by atoms with E-state index in [0.717, 1.165) is 38.8 Å². The Morgan fingerprint density at radius 2 is 1.70 bits per heavy atom. The number of likely N-dealkylation sites (tertiary alicyclic amines) is 1. The lowest BCUT2D eigenvalue weighted by Gasteiger charge is -2.42. The van der Waals surface area contributed by atoms with E-state index in [1.165, 1.54) is 4.90 Å². The van der Waals surface area contributed by atoms with Crippen LogP contribution in [0.15, 0.2) is 0 Å². The minimum absolute atomic E-state index is 0.153. The van der Waals surface area contributed by atoms with Gasteiger partial charge in [-0.15, -0.1) is 0 Å². The molecule has 20 heavy (non-hydrogen) atoms. The summed E-state index contributed by atoms with van der Waals surface area (Å²) in [6.45, 7) is 7.69. The average molecular weight is 284 g/mol. The van der Waals surface area contributed by atoms with Crippen molar-refractivity contribution in [3.05, 3.63) is 0 Å². The fourth-order valence-corrected chi connectivity index (χ4v) is 3.10. The minimum Gasteiger partial charge on any atom is -0.480 e. The predicted octanol–water partition coefficient (Wildman–Crippen LogP) is 2.80. The highest BCUT2D eigenvalue weighted by molar-refractivity contribution is 5.82. The summed E-state index contributed by atoms with van der Waals surface area (Å²) in [5.41, 5.74) is 0.367. The number of carboxylic acid groups (broad SMARTS) is 1. The summed E-state index contributed by atoms with van der Waals surface area (Å²) in [5, 5.41) is 9.14. The molecule has 0 aliphatic carbocycles. The van der Waals surface area contributed by atoms with Gasteiger partial charge in [0.2, 0.25) is 0 Å². The molecule has 0 aromatic heterocycles. The summed E-state index contributed by atoms with van der Waals surface area (Å²) in [6.07, 6.45) is 4.76. The average Bonchev–Trinajstić information content (AvgIpc) is 2.46. The quantitative estimate of drug-likeness (QED) is 0.844. The molecule has 1 heterocycles. The first kappa shape index (κ1) is 16.8. The molecule has 0 bridgehead atoms. The van der Waals surface area contributed by atoms with E-state index in [0.29, 0.717) is 11.8 Å². The number of nitrogens with zero attached hydrogens (tertiary/aromatic N) is 2. The highest BCUT2D eigenvalue weighted by Crippen LogP contribution is 2.38. The number of carbonyl (C=O) groups excluding carboxylic acids is 1. The van der Waals surface area contributed by atoms with Crippen molar-refractivity contribution in [3.63, 3.8) is 0 Å². The van der Waals surface area contributed by atoms with Crippen molar-refractivity contribution in [1.29, 1.82) is 0 Å². The van der Waals surface area contributed by atoms with E-state index in [2.05, 4.69) is 13.8 Å². The van der Waals surface area contributed by atoms with E-state index in [1.54, 1.807) is 18.9 Å². The molecule has 1 unspecified atom stereocenters. The number of piperidine rings is 1. The van der Waals surface area contributed by atoms with Crippen LogP contribution in [-0.4, -0.2) is 53.1 Å². The molecule has 1 rings (SSSR count). The van der Waals surface area contributed by atoms with E-state index in [4.69, 9.17) is 5.11 Å². The Labute approximate surface area is 121 Å². The van der Waals surface area contributed by atoms with Crippen LogP contribution in [0.2, 0.25) is 0 Å². The molecule has 0 saturated carbocycles. The van der Waals surface area contributed by atoms with Crippen molar-refractivity contribution < 1.29 is 14.7 Å². The number of carboxylic acids is 1. The van der Waals surface area contributed by atoms with Crippen molar-refractivity contribution in [1.82, 2.24) is 9.80 Å². The molecule has 5 nitrogen and oxygen atoms in total. The summed E-state index contributed by atoms with van der Waals surface area (Å²) >= 11 is 0. The topological polar surface area (TPSA) is 60.9 Å². The number of carbonyl (C=O) groups is 2. The van der Waals surface area contributed by atoms with Crippen molar-refractivity contribution in [2.75, 3.05) is 20.1 Å². The Hall–Kier alpha value is -1.26. The molecule has 5 heteroatoms. The van der Waals surface area contributed by atoms with Crippen LogP contribution < -0.4 is 0 Å². The summed E-state index contributed by atoms with van der Waals surface area (Å²) in [5.74, 6) is -0.933. The first-order valence-electron chi connectivity index (χ1n) is 7.65. The number of hydrogen-bond acceptors (Lipinski definition) is 2. The Kier molecular flexibility index (Phi) is 5.84. The Balaban J connectivity index is 2.64.